The van der Waals surface area contributed by atoms with Gasteiger partial charge in [0, 0.05) is 5.56 Å². The minimum atomic E-state index is -0.989. The Hall–Kier alpha value is -4.44. The Morgan fingerprint density at radius 2 is 1.88 bits per heavy atom. The number of hydrogen-bond acceptors (Lipinski definition) is 9. The summed E-state index contributed by atoms with van der Waals surface area (Å²) in [6.07, 6.45) is 1.45. The third-order valence-corrected chi connectivity index (χ3v) is 7.82. The highest BCUT2D eigenvalue weighted by Gasteiger charge is 2.48. The first-order chi connectivity index (χ1) is 19.2. The molecule has 0 bridgehead atoms. The van der Waals surface area contributed by atoms with Gasteiger partial charge in [0.25, 0.3) is 5.78 Å². The van der Waals surface area contributed by atoms with Crippen molar-refractivity contribution in [3.8, 4) is 11.5 Å². The molecule has 1 fully saturated rings. The number of benzene rings is 2. The van der Waals surface area contributed by atoms with E-state index in [1.54, 1.807) is 25.1 Å². The number of anilines is 1. The number of hydrogen-bond donors (Lipinski definition) is 1. The van der Waals surface area contributed by atoms with Gasteiger partial charge in [0.15, 0.2) is 16.6 Å². The smallest absolute Gasteiger partial charge is 0.350 e. The van der Waals surface area contributed by atoms with Crippen LogP contribution in [0.15, 0.2) is 60.7 Å². The van der Waals surface area contributed by atoms with Crippen LogP contribution in [0.3, 0.4) is 0 Å². The average molecular weight is 561 g/mol. The van der Waals surface area contributed by atoms with Gasteiger partial charge < -0.3 is 19.3 Å². The minimum absolute atomic E-state index is 0.0216. The molecule has 2 aromatic carbocycles. The van der Waals surface area contributed by atoms with Crippen LogP contribution < -0.4 is 14.4 Å². The molecule has 0 radical (unpaired) electrons. The summed E-state index contributed by atoms with van der Waals surface area (Å²) in [6.45, 7) is 10.1. The molecule has 2 aliphatic heterocycles. The van der Waals surface area contributed by atoms with Crippen molar-refractivity contribution in [1.82, 2.24) is 4.98 Å². The second-order valence-corrected chi connectivity index (χ2v) is 10.6. The number of ether oxygens (including phenoxy) is 3. The van der Waals surface area contributed by atoms with Gasteiger partial charge in [-0.15, -0.1) is 0 Å². The van der Waals surface area contributed by atoms with Crippen molar-refractivity contribution in [2.24, 2.45) is 0 Å². The molecular formula is C30H28N2O7S. The van der Waals surface area contributed by atoms with Crippen LogP contribution in [-0.2, 0) is 14.3 Å². The summed E-state index contributed by atoms with van der Waals surface area (Å²) in [5, 5.41) is 11.6. The molecule has 1 unspecified atom stereocenters. The van der Waals surface area contributed by atoms with E-state index in [0.29, 0.717) is 41.5 Å². The van der Waals surface area contributed by atoms with E-state index < -0.39 is 23.7 Å². The number of amides is 1. The molecule has 5 rings (SSSR count). The van der Waals surface area contributed by atoms with Gasteiger partial charge in [-0.2, -0.15) is 0 Å². The predicted octanol–water partition coefficient (Wildman–Crippen LogP) is 5.32. The van der Waals surface area contributed by atoms with E-state index in [0.717, 1.165) is 16.9 Å². The Kier molecular flexibility index (Phi) is 7.44. The first kappa shape index (κ1) is 27.1. The molecule has 3 heterocycles. The molecule has 1 atom stereocenters. The van der Waals surface area contributed by atoms with E-state index in [1.165, 1.54) is 11.0 Å². The van der Waals surface area contributed by atoms with Gasteiger partial charge in [-0.25, -0.2) is 9.78 Å². The number of aliphatic hydroxyl groups is 1. The number of fused-ring (bicyclic) bond motifs is 1. The molecule has 3 aromatic rings. The summed E-state index contributed by atoms with van der Waals surface area (Å²) in [4.78, 5) is 45.5. The number of rotatable bonds is 7. The lowest BCUT2D eigenvalue weighted by Crippen LogP contribution is -2.29. The van der Waals surface area contributed by atoms with Crippen LogP contribution >= 0.6 is 11.3 Å². The van der Waals surface area contributed by atoms with Crippen molar-refractivity contribution in [2.75, 3.05) is 24.7 Å². The zero-order valence-electron chi connectivity index (χ0n) is 22.3. The Labute approximate surface area is 235 Å². The van der Waals surface area contributed by atoms with E-state index in [2.05, 4.69) is 25.4 Å². The van der Waals surface area contributed by atoms with Gasteiger partial charge in [-0.05, 0) is 42.2 Å². The number of aliphatic hydroxyl groups excluding tert-OH is 1. The van der Waals surface area contributed by atoms with Gasteiger partial charge in [0.1, 0.15) is 30.5 Å². The summed E-state index contributed by atoms with van der Waals surface area (Å²) in [6, 6.07) is 11.4. The summed E-state index contributed by atoms with van der Waals surface area (Å²) in [5.41, 5.74) is 2.24. The van der Waals surface area contributed by atoms with E-state index in [4.69, 9.17) is 14.2 Å². The van der Waals surface area contributed by atoms with Crippen molar-refractivity contribution in [2.45, 2.75) is 32.7 Å². The minimum Gasteiger partial charge on any atom is -0.507 e. The zero-order chi connectivity index (χ0) is 28.6. The van der Waals surface area contributed by atoms with E-state index in [1.807, 2.05) is 24.3 Å². The first-order valence-electron chi connectivity index (χ1n) is 12.8. The average Bonchev–Trinajstić information content (AvgIpc) is 3.47. The highest BCUT2D eigenvalue weighted by atomic mass is 32.1. The lowest BCUT2D eigenvalue weighted by molar-refractivity contribution is -0.132. The number of carbonyl (C=O) groups excluding carboxylic acids is 3. The Bertz CT molecular complexity index is 1540. The molecule has 0 spiro atoms. The second-order valence-electron chi connectivity index (χ2n) is 9.65. The summed E-state index contributed by atoms with van der Waals surface area (Å²) >= 11 is 0.948. The number of aromatic nitrogens is 1. The van der Waals surface area contributed by atoms with Crippen molar-refractivity contribution < 1.29 is 33.7 Å². The largest absolute Gasteiger partial charge is 0.507 e. The molecule has 9 nitrogen and oxygen atoms in total. The van der Waals surface area contributed by atoms with Crippen molar-refractivity contribution in [1.29, 1.82) is 0 Å². The van der Waals surface area contributed by atoms with Crippen LogP contribution in [-0.4, -0.2) is 47.6 Å². The molecule has 40 heavy (non-hydrogen) atoms. The van der Waals surface area contributed by atoms with Crippen LogP contribution in [0.25, 0.3) is 5.76 Å². The van der Waals surface area contributed by atoms with Crippen molar-refractivity contribution >= 4 is 39.9 Å². The third kappa shape index (κ3) is 4.86. The summed E-state index contributed by atoms with van der Waals surface area (Å²) in [7, 11) is 0. The number of aryl methyl sites for hydroxylation is 1. The highest BCUT2D eigenvalue weighted by molar-refractivity contribution is 7.17. The van der Waals surface area contributed by atoms with Crippen LogP contribution in [0.1, 0.15) is 57.9 Å². The third-order valence-electron chi connectivity index (χ3n) is 6.69. The van der Waals surface area contributed by atoms with Crippen LogP contribution in [0.5, 0.6) is 11.5 Å². The first-order valence-corrected chi connectivity index (χ1v) is 13.6. The molecular weight excluding hydrogens is 532 g/mol. The molecule has 206 valence electrons. The highest BCUT2D eigenvalue weighted by Crippen LogP contribution is 2.45. The quantitative estimate of drug-likeness (QED) is 0.136. The maximum absolute atomic E-state index is 13.5. The lowest BCUT2D eigenvalue weighted by atomic mass is 9.93. The number of esters is 1. The molecule has 1 N–H and O–H groups in total. The number of ketones is 1. The molecule has 2 aliphatic rings. The molecule has 10 heteroatoms. The van der Waals surface area contributed by atoms with Crippen molar-refractivity contribution in [3.63, 3.8) is 0 Å². The van der Waals surface area contributed by atoms with Crippen LogP contribution in [0.4, 0.5) is 5.13 Å². The van der Waals surface area contributed by atoms with Crippen LogP contribution in [0.2, 0.25) is 0 Å². The molecule has 0 aliphatic carbocycles. The van der Waals surface area contributed by atoms with Crippen LogP contribution in [0, 0.1) is 6.92 Å². The number of carbonyl (C=O) groups is 3. The molecule has 1 saturated heterocycles. The fourth-order valence-corrected chi connectivity index (χ4v) is 5.62. The number of nitrogens with zero attached hydrogens (tertiary/aromatic N) is 2. The molecule has 1 aromatic heterocycles. The van der Waals surface area contributed by atoms with E-state index in [-0.39, 0.29) is 33.9 Å². The van der Waals surface area contributed by atoms with Gasteiger partial charge in [0.05, 0.1) is 17.3 Å². The Balaban J connectivity index is 1.65. The Morgan fingerprint density at radius 3 is 2.55 bits per heavy atom. The normalized spacial score (nSPS) is 17.8. The summed E-state index contributed by atoms with van der Waals surface area (Å²) in [5.74, 6) is -1.46. The fourth-order valence-electron chi connectivity index (χ4n) is 4.63. The van der Waals surface area contributed by atoms with E-state index in [9.17, 15) is 19.5 Å². The second kappa shape index (κ2) is 11.0. The van der Waals surface area contributed by atoms with Gasteiger partial charge in [-0.3, -0.25) is 14.5 Å². The van der Waals surface area contributed by atoms with Gasteiger partial charge in [-0.1, -0.05) is 62.1 Å². The topological polar surface area (TPSA) is 115 Å². The van der Waals surface area contributed by atoms with Gasteiger partial charge in [0.2, 0.25) is 0 Å². The molecule has 1 amide bonds. The van der Waals surface area contributed by atoms with Gasteiger partial charge >= 0.3 is 11.9 Å². The standard InChI is InChI=1S/C30H28N2O7S/c1-5-12-39-29(36)27-17(4)31-30(40-27)32-24(19-8-6-18(7-9-19)16(2)3)23(26(34)28(32)35)25(33)20-10-11-21-22(15-20)38-14-13-37-21/h5-11,15-16,24,33H,1,12-14H2,2-4H3. The summed E-state index contributed by atoms with van der Waals surface area (Å²) < 4.78 is 16.4. The lowest BCUT2D eigenvalue weighted by Gasteiger charge is -2.24. The Morgan fingerprint density at radius 1 is 1.18 bits per heavy atom. The van der Waals surface area contributed by atoms with Crippen molar-refractivity contribution in [3.05, 3.63) is 88.0 Å². The monoisotopic (exact) mass is 560 g/mol. The SMILES string of the molecule is C=CCOC(=O)c1sc(N2C(=O)C(=O)C(=C(O)c3ccc4c(c3)OCCO4)C2c2ccc(C(C)C)cc2)nc1C. The predicted molar refractivity (Wildman–Crippen MR) is 150 cm³/mol. The zero-order valence-corrected chi connectivity index (χ0v) is 23.1. The number of Topliss-reactive ketones (excluding diaryl/α,β-unsaturated/α-hetero) is 1. The fraction of sp³-hybridized carbons (Fsp3) is 0.267. The van der Waals surface area contributed by atoms with E-state index >= 15 is 0 Å². The number of thiazole rings is 1. The maximum Gasteiger partial charge on any atom is 0.350 e. The maximum atomic E-state index is 13.5. The molecule has 0 saturated carbocycles.